The summed E-state index contributed by atoms with van der Waals surface area (Å²) < 4.78 is 31.7. The van der Waals surface area contributed by atoms with Crippen LogP contribution in [-0.4, -0.2) is 34.3 Å². The summed E-state index contributed by atoms with van der Waals surface area (Å²) in [7, 11) is 0. The summed E-state index contributed by atoms with van der Waals surface area (Å²) >= 11 is 0. The number of rotatable bonds is 3. The van der Waals surface area contributed by atoms with Crippen molar-refractivity contribution >= 4 is 17.8 Å². The predicted molar refractivity (Wildman–Crippen MR) is 76.9 cm³/mol. The Morgan fingerprint density at radius 2 is 1.36 bits per heavy atom. The second-order valence-corrected chi connectivity index (χ2v) is 7.05. The number of halogens is 2. The molecule has 22 heavy (non-hydrogen) atoms. The van der Waals surface area contributed by atoms with Gasteiger partial charge >= 0.3 is 18.0 Å². The van der Waals surface area contributed by atoms with E-state index in [1.807, 2.05) is 0 Å². The molecule has 0 bridgehead atoms. The lowest BCUT2D eigenvalue weighted by atomic mass is 9.91. The van der Waals surface area contributed by atoms with Crippen molar-refractivity contribution in [2.45, 2.75) is 60.1 Å². The van der Waals surface area contributed by atoms with Crippen LogP contribution >= 0.6 is 0 Å². The van der Waals surface area contributed by atoms with E-state index in [0.717, 1.165) is 0 Å². The Labute approximate surface area is 129 Å². The molecule has 126 valence electrons. The first kappa shape index (κ1) is 20.2. The maximum atomic E-state index is 13.9. The largest absolute Gasteiger partial charge is 0.485 e. The van der Waals surface area contributed by atoms with Crippen LogP contribution in [0.1, 0.15) is 48.5 Å². The van der Waals surface area contributed by atoms with Gasteiger partial charge in [0.2, 0.25) is 5.91 Å². The van der Waals surface area contributed by atoms with Crippen molar-refractivity contribution in [2.24, 2.45) is 5.41 Å². The number of alkyl halides is 2. The van der Waals surface area contributed by atoms with E-state index in [1.165, 1.54) is 48.5 Å². The van der Waals surface area contributed by atoms with Gasteiger partial charge in [0, 0.05) is 16.5 Å². The third kappa shape index (κ3) is 4.89. The van der Waals surface area contributed by atoms with Crippen LogP contribution in [0.25, 0.3) is 0 Å². The molecule has 0 aromatic rings. The first-order valence-corrected chi connectivity index (χ1v) is 6.67. The minimum atomic E-state index is -4.45. The van der Waals surface area contributed by atoms with Crippen LogP contribution < -0.4 is 0 Å². The lowest BCUT2D eigenvalue weighted by molar-refractivity contribution is -0.236. The van der Waals surface area contributed by atoms with Crippen LogP contribution in [0.3, 0.4) is 0 Å². The minimum absolute atomic E-state index is 0.281. The van der Waals surface area contributed by atoms with Gasteiger partial charge in [-0.15, -0.1) is 0 Å². The lowest BCUT2D eigenvalue weighted by Gasteiger charge is -2.38. The van der Waals surface area contributed by atoms with Gasteiger partial charge in [0.15, 0.2) is 0 Å². The Hall–Kier alpha value is -1.79. The molecule has 0 aromatic carbocycles. The number of carbonyl (C=O) groups is 3. The molecule has 0 heterocycles. The highest BCUT2D eigenvalue weighted by Crippen LogP contribution is 2.30. The highest BCUT2D eigenvalue weighted by Gasteiger charge is 2.53. The Bertz CT molecular complexity index is 499. The van der Waals surface area contributed by atoms with E-state index in [2.05, 4.69) is 11.3 Å². The second-order valence-electron chi connectivity index (χ2n) is 7.05. The third-order valence-corrected chi connectivity index (χ3v) is 2.54. The molecule has 0 unspecified atom stereocenters. The van der Waals surface area contributed by atoms with Gasteiger partial charge in [-0.2, -0.15) is 8.78 Å². The van der Waals surface area contributed by atoms with Crippen molar-refractivity contribution in [3.05, 3.63) is 12.2 Å². The van der Waals surface area contributed by atoms with E-state index in [4.69, 9.17) is 0 Å². The maximum absolute atomic E-state index is 13.9. The van der Waals surface area contributed by atoms with Crippen molar-refractivity contribution in [1.82, 2.24) is 4.90 Å². The van der Waals surface area contributed by atoms with Crippen molar-refractivity contribution < 1.29 is 27.9 Å². The number of hydrogen-bond donors (Lipinski definition) is 0. The van der Waals surface area contributed by atoms with Gasteiger partial charge in [0.25, 0.3) is 0 Å². The summed E-state index contributed by atoms with van der Waals surface area (Å²) in [4.78, 5) is 36.1. The van der Waals surface area contributed by atoms with Crippen LogP contribution in [0.5, 0.6) is 0 Å². The maximum Gasteiger partial charge on any atom is 0.485 e. The van der Waals surface area contributed by atoms with Gasteiger partial charge in [0.1, 0.15) is 0 Å². The first-order valence-electron chi connectivity index (χ1n) is 6.67. The Kier molecular flexibility index (Phi) is 5.64. The molecule has 0 fully saturated rings. The molecule has 0 saturated carbocycles. The molecule has 0 atom stereocenters. The van der Waals surface area contributed by atoms with Crippen LogP contribution in [0, 0.1) is 5.41 Å². The highest BCUT2D eigenvalue weighted by atomic mass is 19.3. The fraction of sp³-hybridized carbons (Fsp3) is 0.667. The monoisotopic (exact) mass is 319 g/mol. The smallest absolute Gasteiger partial charge is 0.390 e. The molecule has 0 aliphatic carbocycles. The molecule has 0 aromatic heterocycles. The normalized spacial score (nSPS) is 12.6. The summed E-state index contributed by atoms with van der Waals surface area (Å²) in [6.45, 7) is 13.1. The minimum Gasteiger partial charge on any atom is -0.390 e. The van der Waals surface area contributed by atoms with Gasteiger partial charge < -0.3 is 4.74 Å². The average molecular weight is 319 g/mol. The number of esters is 1. The topological polar surface area (TPSA) is 63.7 Å². The Balaban J connectivity index is 5.69. The summed E-state index contributed by atoms with van der Waals surface area (Å²) in [6, 6.07) is 0. The van der Waals surface area contributed by atoms with E-state index < -0.39 is 34.8 Å². The predicted octanol–water partition coefficient (Wildman–Crippen LogP) is 2.90. The van der Waals surface area contributed by atoms with Gasteiger partial charge in [-0.05, 0) is 27.7 Å². The number of hydrogen-bond acceptors (Lipinski definition) is 4. The molecule has 0 N–H and O–H groups in total. The first-order chi connectivity index (χ1) is 9.51. The molecule has 0 aliphatic heterocycles. The SMILES string of the molecule is C=C(C)C(=O)OC(F)(F)C(=O)N(C(=O)C(C)(C)C)C(C)(C)C. The van der Waals surface area contributed by atoms with Gasteiger partial charge in [-0.3, -0.25) is 14.5 Å². The fourth-order valence-corrected chi connectivity index (χ4v) is 1.41. The van der Waals surface area contributed by atoms with Crippen molar-refractivity contribution in [1.29, 1.82) is 0 Å². The number of imide groups is 1. The lowest BCUT2D eigenvalue weighted by Crippen LogP contribution is -2.59. The van der Waals surface area contributed by atoms with Gasteiger partial charge in [0.05, 0.1) is 0 Å². The molecule has 2 amide bonds. The van der Waals surface area contributed by atoms with Gasteiger partial charge in [-0.1, -0.05) is 27.4 Å². The fourth-order valence-electron chi connectivity index (χ4n) is 1.41. The second kappa shape index (κ2) is 6.14. The molecule has 0 rings (SSSR count). The van der Waals surface area contributed by atoms with Crippen molar-refractivity contribution in [3.63, 3.8) is 0 Å². The molecule has 0 saturated heterocycles. The summed E-state index contributed by atoms with van der Waals surface area (Å²) in [5, 5.41) is 0. The van der Waals surface area contributed by atoms with Gasteiger partial charge in [-0.25, -0.2) is 4.79 Å². The van der Waals surface area contributed by atoms with E-state index in [-0.39, 0.29) is 5.57 Å². The number of ether oxygens (including phenoxy) is 1. The summed E-state index contributed by atoms with van der Waals surface area (Å²) in [6.07, 6.45) is -4.45. The number of carbonyl (C=O) groups excluding carboxylic acids is 3. The van der Waals surface area contributed by atoms with Crippen LogP contribution in [0.15, 0.2) is 12.2 Å². The van der Waals surface area contributed by atoms with E-state index in [9.17, 15) is 23.2 Å². The quantitative estimate of drug-likeness (QED) is 0.593. The van der Waals surface area contributed by atoms with E-state index >= 15 is 0 Å². The highest BCUT2D eigenvalue weighted by molar-refractivity contribution is 6.02. The number of amides is 2. The van der Waals surface area contributed by atoms with Crippen LogP contribution in [0.4, 0.5) is 8.78 Å². The molecule has 0 spiro atoms. The number of nitrogens with zero attached hydrogens (tertiary/aromatic N) is 1. The Morgan fingerprint density at radius 1 is 0.955 bits per heavy atom. The third-order valence-electron chi connectivity index (χ3n) is 2.54. The summed E-state index contributed by atoms with van der Waals surface area (Å²) in [5.74, 6) is -4.08. The zero-order valence-corrected chi connectivity index (χ0v) is 14.0. The van der Waals surface area contributed by atoms with Crippen LogP contribution in [0.2, 0.25) is 0 Å². The van der Waals surface area contributed by atoms with Crippen LogP contribution in [-0.2, 0) is 19.1 Å². The van der Waals surface area contributed by atoms with Crippen molar-refractivity contribution in [3.8, 4) is 0 Å². The van der Waals surface area contributed by atoms with E-state index in [0.29, 0.717) is 4.90 Å². The molecular weight excluding hydrogens is 296 g/mol. The molecule has 7 heteroatoms. The Morgan fingerprint density at radius 3 is 1.64 bits per heavy atom. The molecule has 0 radical (unpaired) electrons. The molecular formula is C15H23F2NO4. The molecule has 0 aliphatic rings. The average Bonchev–Trinajstić information content (AvgIpc) is 2.24. The zero-order chi connectivity index (χ0) is 18.1. The molecule has 5 nitrogen and oxygen atoms in total. The van der Waals surface area contributed by atoms with Crippen molar-refractivity contribution in [2.75, 3.05) is 0 Å². The zero-order valence-electron chi connectivity index (χ0n) is 14.0. The van der Waals surface area contributed by atoms with E-state index in [1.54, 1.807) is 0 Å². The standard InChI is InChI=1S/C15H23F2NO4/c1-9(2)10(19)22-15(16,17)12(21)18(14(6,7)8)11(20)13(3,4)5/h1H2,2-8H3. The summed E-state index contributed by atoms with van der Waals surface area (Å²) in [5.41, 5.74) is -2.55.